The topological polar surface area (TPSA) is 32.3 Å². The van der Waals surface area contributed by atoms with E-state index in [1.165, 1.54) is 25.9 Å². The fourth-order valence-corrected chi connectivity index (χ4v) is 2.57. The van der Waals surface area contributed by atoms with Crippen LogP contribution in [0.2, 0.25) is 0 Å². The molecule has 0 saturated carbocycles. The second-order valence-corrected chi connectivity index (χ2v) is 5.62. The lowest BCUT2D eigenvalue weighted by molar-refractivity contribution is 0.0950. The van der Waals surface area contributed by atoms with Crippen molar-refractivity contribution >= 4 is 12.0 Å². The highest BCUT2D eigenvalue weighted by Gasteiger charge is 2.11. The molecule has 1 fully saturated rings. The average molecular weight is 286 g/mol. The van der Waals surface area contributed by atoms with E-state index in [4.69, 9.17) is 0 Å². The van der Waals surface area contributed by atoms with Gasteiger partial charge in [0.25, 0.3) is 5.91 Å². The van der Waals surface area contributed by atoms with Crippen molar-refractivity contribution in [1.82, 2.24) is 10.2 Å². The Morgan fingerprint density at radius 1 is 1.24 bits per heavy atom. The van der Waals surface area contributed by atoms with Crippen LogP contribution in [0.1, 0.15) is 48.5 Å². The highest BCUT2D eigenvalue weighted by Crippen LogP contribution is 2.08. The van der Waals surface area contributed by atoms with Crippen LogP contribution in [0.3, 0.4) is 0 Å². The number of nitrogens with zero attached hydrogens (tertiary/aromatic N) is 1. The van der Waals surface area contributed by atoms with Gasteiger partial charge in [-0.2, -0.15) is 0 Å². The van der Waals surface area contributed by atoms with Gasteiger partial charge in [-0.25, -0.2) is 0 Å². The molecule has 1 heterocycles. The van der Waals surface area contributed by atoms with Crippen LogP contribution >= 0.6 is 0 Å². The summed E-state index contributed by atoms with van der Waals surface area (Å²) < 4.78 is 0. The van der Waals surface area contributed by atoms with Crippen LogP contribution in [-0.2, 0) is 0 Å². The molecule has 2 rings (SSSR count). The lowest BCUT2D eigenvalue weighted by Gasteiger charge is -2.14. The van der Waals surface area contributed by atoms with Crippen molar-refractivity contribution < 1.29 is 4.79 Å². The van der Waals surface area contributed by atoms with Gasteiger partial charge in [-0.3, -0.25) is 4.79 Å². The molecule has 0 atom stereocenters. The third-order valence-electron chi connectivity index (χ3n) is 3.85. The summed E-state index contributed by atoms with van der Waals surface area (Å²) in [6.07, 6.45) is 9.12. The maximum absolute atomic E-state index is 12.0. The molecule has 0 unspecified atom stereocenters. The van der Waals surface area contributed by atoms with Gasteiger partial charge in [0.15, 0.2) is 0 Å². The summed E-state index contributed by atoms with van der Waals surface area (Å²) in [6.45, 7) is 6.21. The number of nitrogens with one attached hydrogen (secondary N) is 1. The van der Waals surface area contributed by atoms with Crippen LogP contribution in [0, 0.1) is 0 Å². The molecule has 0 bridgehead atoms. The van der Waals surface area contributed by atoms with Crippen LogP contribution < -0.4 is 5.32 Å². The van der Waals surface area contributed by atoms with E-state index >= 15 is 0 Å². The molecule has 1 aliphatic rings. The smallest absolute Gasteiger partial charge is 0.251 e. The van der Waals surface area contributed by atoms with E-state index in [2.05, 4.69) is 29.3 Å². The Bertz CT molecular complexity index is 459. The number of benzene rings is 1. The zero-order valence-electron chi connectivity index (χ0n) is 13.0. The number of carbonyl (C=O) groups excluding carboxylic acids is 1. The SMILES string of the molecule is CCC/C=C/c1ccc(C(=O)NCCN2CCCC2)cc1. The first-order valence-corrected chi connectivity index (χ1v) is 8.07. The van der Waals surface area contributed by atoms with Gasteiger partial charge in [-0.15, -0.1) is 0 Å². The summed E-state index contributed by atoms with van der Waals surface area (Å²) in [5.41, 5.74) is 1.89. The molecule has 1 aliphatic heterocycles. The van der Waals surface area contributed by atoms with E-state index in [0.717, 1.165) is 37.1 Å². The number of amides is 1. The standard InChI is InChI=1S/C18H26N2O/c1-2-3-4-7-16-8-10-17(11-9-16)18(21)19-12-15-20-13-5-6-14-20/h4,7-11H,2-3,5-6,12-15H2,1H3,(H,19,21)/b7-4+. The molecule has 1 aromatic rings. The molecule has 3 heteroatoms. The van der Waals surface area contributed by atoms with Crippen LogP contribution in [0.4, 0.5) is 0 Å². The van der Waals surface area contributed by atoms with Crippen molar-refractivity contribution in [3.05, 3.63) is 41.5 Å². The van der Waals surface area contributed by atoms with Crippen molar-refractivity contribution in [3.8, 4) is 0 Å². The minimum Gasteiger partial charge on any atom is -0.351 e. The van der Waals surface area contributed by atoms with Crippen molar-refractivity contribution in [2.45, 2.75) is 32.6 Å². The lowest BCUT2D eigenvalue weighted by Crippen LogP contribution is -2.33. The van der Waals surface area contributed by atoms with Gasteiger partial charge < -0.3 is 10.2 Å². The molecule has 0 radical (unpaired) electrons. The lowest BCUT2D eigenvalue weighted by atomic mass is 10.1. The van der Waals surface area contributed by atoms with Crippen LogP contribution in [0.5, 0.6) is 0 Å². The number of likely N-dealkylation sites (tertiary alicyclic amines) is 1. The Hall–Kier alpha value is -1.61. The van der Waals surface area contributed by atoms with Crippen molar-refractivity contribution in [3.63, 3.8) is 0 Å². The third kappa shape index (κ3) is 5.35. The summed E-state index contributed by atoms with van der Waals surface area (Å²) >= 11 is 0. The second-order valence-electron chi connectivity index (χ2n) is 5.62. The summed E-state index contributed by atoms with van der Waals surface area (Å²) in [4.78, 5) is 14.4. The zero-order chi connectivity index (χ0) is 14.9. The number of rotatable bonds is 7. The molecule has 1 aromatic carbocycles. The van der Waals surface area contributed by atoms with Gasteiger partial charge in [0.1, 0.15) is 0 Å². The summed E-state index contributed by atoms with van der Waals surface area (Å²) in [7, 11) is 0. The molecular weight excluding hydrogens is 260 g/mol. The molecule has 1 N–H and O–H groups in total. The molecular formula is C18H26N2O. The van der Waals surface area contributed by atoms with E-state index in [1.807, 2.05) is 24.3 Å². The minimum absolute atomic E-state index is 0.0262. The van der Waals surface area contributed by atoms with Gasteiger partial charge in [0.05, 0.1) is 0 Å². The number of hydrogen-bond acceptors (Lipinski definition) is 2. The number of hydrogen-bond donors (Lipinski definition) is 1. The Morgan fingerprint density at radius 3 is 2.62 bits per heavy atom. The van der Waals surface area contributed by atoms with Crippen LogP contribution in [-0.4, -0.2) is 37.0 Å². The van der Waals surface area contributed by atoms with Gasteiger partial charge >= 0.3 is 0 Å². The molecule has 114 valence electrons. The highest BCUT2D eigenvalue weighted by atomic mass is 16.1. The molecule has 21 heavy (non-hydrogen) atoms. The van der Waals surface area contributed by atoms with E-state index in [9.17, 15) is 4.79 Å². The molecule has 3 nitrogen and oxygen atoms in total. The quantitative estimate of drug-likeness (QED) is 0.834. The Kier molecular flexibility index (Phi) is 6.48. The van der Waals surface area contributed by atoms with Gasteiger partial charge in [0.2, 0.25) is 0 Å². The summed E-state index contributed by atoms with van der Waals surface area (Å²) in [6, 6.07) is 7.80. The zero-order valence-corrected chi connectivity index (χ0v) is 13.0. The molecule has 1 amide bonds. The maximum Gasteiger partial charge on any atom is 0.251 e. The normalized spacial score (nSPS) is 15.7. The summed E-state index contributed by atoms with van der Waals surface area (Å²) in [5.74, 6) is 0.0262. The number of allylic oxidation sites excluding steroid dienone is 1. The second kappa shape index (κ2) is 8.63. The van der Waals surface area contributed by atoms with Crippen LogP contribution in [0.25, 0.3) is 6.08 Å². The molecule has 0 spiro atoms. The van der Waals surface area contributed by atoms with E-state index in [1.54, 1.807) is 0 Å². The highest BCUT2D eigenvalue weighted by molar-refractivity contribution is 5.94. The van der Waals surface area contributed by atoms with Crippen LogP contribution in [0.15, 0.2) is 30.3 Å². The van der Waals surface area contributed by atoms with Gasteiger partial charge in [-0.05, 0) is 50.0 Å². The summed E-state index contributed by atoms with van der Waals surface area (Å²) in [5, 5.41) is 3.00. The number of carbonyl (C=O) groups is 1. The monoisotopic (exact) mass is 286 g/mol. The predicted molar refractivity (Wildman–Crippen MR) is 88.4 cm³/mol. The van der Waals surface area contributed by atoms with E-state index < -0.39 is 0 Å². The molecule has 1 saturated heterocycles. The fraction of sp³-hybridized carbons (Fsp3) is 0.500. The fourth-order valence-electron chi connectivity index (χ4n) is 2.57. The number of unbranched alkanes of at least 4 members (excludes halogenated alkanes) is 1. The average Bonchev–Trinajstić information content (AvgIpc) is 3.01. The Balaban J connectivity index is 1.76. The van der Waals surface area contributed by atoms with Crippen molar-refractivity contribution in [1.29, 1.82) is 0 Å². The van der Waals surface area contributed by atoms with Gasteiger partial charge in [0, 0.05) is 18.7 Å². The first kappa shape index (κ1) is 15.8. The van der Waals surface area contributed by atoms with E-state index in [-0.39, 0.29) is 5.91 Å². The van der Waals surface area contributed by atoms with Crippen molar-refractivity contribution in [2.75, 3.05) is 26.2 Å². The van der Waals surface area contributed by atoms with Crippen molar-refractivity contribution in [2.24, 2.45) is 0 Å². The molecule has 0 aromatic heterocycles. The minimum atomic E-state index is 0.0262. The predicted octanol–water partition coefficient (Wildman–Crippen LogP) is 3.33. The van der Waals surface area contributed by atoms with Gasteiger partial charge in [-0.1, -0.05) is 37.6 Å². The first-order valence-electron chi connectivity index (χ1n) is 8.07. The first-order chi connectivity index (χ1) is 10.3. The van der Waals surface area contributed by atoms with E-state index in [0.29, 0.717) is 0 Å². The Morgan fingerprint density at radius 2 is 1.95 bits per heavy atom. The third-order valence-corrected chi connectivity index (χ3v) is 3.85. The molecule has 0 aliphatic carbocycles. The maximum atomic E-state index is 12.0. The largest absolute Gasteiger partial charge is 0.351 e. The Labute approximate surface area is 128 Å².